The SMILES string of the molecule is Cc1ccccc1COc1ccc2c(=O)c(Oc3ccc(-c4ccccc4)cc3)coc2c1. The summed E-state index contributed by atoms with van der Waals surface area (Å²) in [5, 5.41) is 0.441. The Labute approximate surface area is 191 Å². The Morgan fingerprint density at radius 2 is 1.45 bits per heavy atom. The lowest BCUT2D eigenvalue weighted by Crippen LogP contribution is -2.05. The number of aryl methyl sites for hydroxylation is 1. The molecule has 4 heteroatoms. The average molecular weight is 434 g/mol. The monoisotopic (exact) mass is 434 g/mol. The van der Waals surface area contributed by atoms with Crippen LogP contribution in [0.3, 0.4) is 0 Å². The standard InChI is InChI=1S/C29H22O4/c1-20-7-5-6-10-23(20)18-31-25-15-16-26-27(17-25)32-19-28(29(26)30)33-24-13-11-22(12-14-24)21-8-3-2-4-9-21/h2-17,19H,18H2,1H3. The van der Waals surface area contributed by atoms with Crippen LogP contribution >= 0.6 is 0 Å². The van der Waals surface area contributed by atoms with Crippen LogP contribution in [-0.4, -0.2) is 0 Å². The highest BCUT2D eigenvalue weighted by Gasteiger charge is 2.11. The molecule has 0 N–H and O–H groups in total. The van der Waals surface area contributed by atoms with Crippen molar-refractivity contribution in [2.75, 3.05) is 0 Å². The minimum Gasteiger partial charge on any atom is -0.489 e. The lowest BCUT2D eigenvalue weighted by atomic mass is 10.1. The summed E-state index contributed by atoms with van der Waals surface area (Å²) >= 11 is 0. The molecule has 0 unspecified atom stereocenters. The van der Waals surface area contributed by atoms with Crippen molar-refractivity contribution in [2.45, 2.75) is 13.5 Å². The van der Waals surface area contributed by atoms with E-state index in [0.717, 1.165) is 16.7 Å². The van der Waals surface area contributed by atoms with Crippen LogP contribution in [0.4, 0.5) is 0 Å². The smallest absolute Gasteiger partial charge is 0.235 e. The van der Waals surface area contributed by atoms with Gasteiger partial charge in [-0.25, -0.2) is 0 Å². The number of benzene rings is 4. The van der Waals surface area contributed by atoms with E-state index in [0.29, 0.717) is 29.1 Å². The van der Waals surface area contributed by atoms with Gasteiger partial charge in [0.05, 0.1) is 5.39 Å². The summed E-state index contributed by atoms with van der Waals surface area (Å²) in [6.45, 7) is 2.50. The fraction of sp³-hybridized carbons (Fsp3) is 0.0690. The van der Waals surface area contributed by atoms with Crippen molar-refractivity contribution in [3.05, 3.63) is 125 Å². The number of rotatable bonds is 6. The largest absolute Gasteiger partial charge is 0.489 e. The molecule has 0 spiro atoms. The second-order valence-electron chi connectivity index (χ2n) is 7.79. The van der Waals surface area contributed by atoms with E-state index < -0.39 is 0 Å². The molecule has 0 radical (unpaired) electrons. The van der Waals surface area contributed by atoms with Gasteiger partial charge in [0.1, 0.15) is 30.0 Å². The van der Waals surface area contributed by atoms with Crippen LogP contribution in [0, 0.1) is 6.92 Å². The summed E-state index contributed by atoms with van der Waals surface area (Å²) in [4.78, 5) is 12.9. The number of hydrogen-bond donors (Lipinski definition) is 0. The zero-order valence-electron chi connectivity index (χ0n) is 18.2. The zero-order valence-corrected chi connectivity index (χ0v) is 18.2. The van der Waals surface area contributed by atoms with Gasteiger partial charge >= 0.3 is 0 Å². The molecule has 0 aliphatic rings. The van der Waals surface area contributed by atoms with Gasteiger partial charge in [0.2, 0.25) is 11.2 Å². The van der Waals surface area contributed by atoms with Crippen molar-refractivity contribution in [1.29, 1.82) is 0 Å². The minimum absolute atomic E-state index is 0.142. The van der Waals surface area contributed by atoms with Crippen molar-refractivity contribution in [1.82, 2.24) is 0 Å². The van der Waals surface area contributed by atoms with E-state index in [2.05, 4.69) is 13.0 Å². The van der Waals surface area contributed by atoms with Crippen molar-refractivity contribution in [3.8, 4) is 28.4 Å². The molecule has 5 aromatic rings. The molecule has 1 aromatic heterocycles. The molecule has 0 aliphatic carbocycles. The lowest BCUT2D eigenvalue weighted by Gasteiger charge is -2.10. The first-order valence-electron chi connectivity index (χ1n) is 10.7. The average Bonchev–Trinajstić information content (AvgIpc) is 2.86. The van der Waals surface area contributed by atoms with E-state index in [1.807, 2.05) is 72.8 Å². The van der Waals surface area contributed by atoms with Gasteiger partial charge in [-0.05, 0) is 53.4 Å². The van der Waals surface area contributed by atoms with E-state index in [1.165, 1.54) is 11.8 Å². The maximum atomic E-state index is 12.9. The third kappa shape index (κ3) is 4.51. The second-order valence-corrected chi connectivity index (χ2v) is 7.79. The van der Waals surface area contributed by atoms with Crippen molar-refractivity contribution in [2.24, 2.45) is 0 Å². The quantitative estimate of drug-likeness (QED) is 0.285. The van der Waals surface area contributed by atoms with Crippen LogP contribution in [-0.2, 0) is 6.61 Å². The predicted octanol–water partition coefficient (Wildman–Crippen LogP) is 7.14. The third-order valence-electron chi connectivity index (χ3n) is 5.56. The first-order valence-corrected chi connectivity index (χ1v) is 10.7. The van der Waals surface area contributed by atoms with Gasteiger partial charge in [-0.3, -0.25) is 4.79 Å². The second kappa shape index (κ2) is 9.05. The normalized spacial score (nSPS) is 10.8. The Balaban J connectivity index is 1.33. The third-order valence-corrected chi connectivity index (χ3v) is 5.56. The van der Waals surface area contributed by atoms with Crippen LogP contribution < -0.4 is 14.9 Å². The highest BCUT2D eigenvalue weighted by molar-refractivity contribution is 5.79. The molecule has 4 aromatic carbocycles. The van der Waals surface area contributed by atoms with Gasteiger partial charge in [0.15, 0.2) is 0 Å². The van der Waals surface area contributed by atoms with Crippen LogP contribution in [0.1, 0.15) is 11.1 Å². The summed E-state index contributed by atoms with van der Waals surface area (Å²) in [6.07, 6.45) is 1.35. The summed E-state index contributed by atoms with van der Waals surface area (Å²) < 4.78 is 17.4. The minimum atomic E-state index is -0.228. The Morgan fingerprint density at radius 1 is 0.758 bits per heavy atom. The number of ether oxygens (including phenoxy) is 2. The highest BCUT2D eigenvalue weighted by atomic mass is 16.5. The van der Waals surface area contributed by atoms with Gasteiger partial charge in [0.25, 0.3) is 0 Å². The Morgan fingerprint density at radius 3 is 2.24 bits per heavy atom. The zero-order chi connectivity index (χ0) is 22.6. The summed E-state index contributed by atoms with van der Waals surface area (Å²) in [7, 11) is 0. The maximum absolute atomic E-state index is 12.9. The first kappa shape index (κ1) is 20.6. The van der Waals surface area contributed by atoms with Gasteiger partial charge < -0.3 is 13.9 Å². The fourth-order valence-electron chi connectivity index (χ4n) is 3.66. The number of fused-ring (bicyclic) bond motifs is 1. The molecule has 0 amide bonds. The molecule has 0 bridgehead atoms. The van der Waals surface area contributed by atoms with Crippen molar-refractivity contribution < 1.29 is 13.9 Å². The maximum Gasteiger partial charge on any atom is 0.235 e. The molecule has 0 saturated heterocycles. The van der Waals surface area contributed by atoms with Gasteiger partial charge in [0, 0.05) is 6.07 Å². The molecular weight excluding hydrogens is 412 g/mol. The molecule has 5 rings (SSSR count). The summed E-state index contributed by atoms with van der Waals surface area (Å²) in [5.41, 5.74) is 4.70. The summed E-state index contributed by atoms with van der Waals surface area (Å²) in [5.74, 6) is 1.35. The van der Waals surface area contributed by atoms with E-state index in [-0.39, 0.29) is 11.2 Å². The molecule has 0 atom stereocenters. The van der Waals surface area contributed by atoms with E-state index >= 15 is 0 Å². The van der Waals surface area contributed by atoms with Gasteiger partial charge in [-0.1, -0.05) is 66.7 Å². The van der Waals surface area contributed by atoms with Crippen LogP contribution in [0.25, 0.3) is 22.1 Å². The van der Waals surface area contributed by atoms with Crippen LogP contribution in [0.2, 0.25) is 0 Å². The number of hydrogen-bond acceptors (Lipinski definition) is 4. The fourth-order valence-corrected chi connectivity index (χ4v) is 3.66. The highest BCUT2D eigenvalue weighted by Crippen LogP contribution is 2.27. The molecule has 1 heterocycles. The van der Waals surface area contributed by atoms with Crippen molar-refractivity contribution in [3.63, 3.8) is 0 Å². The molecular formula is C29H22O4. The molecule has 4 nitrogen and oxygen atoms in total. The van der Waals surface area contributed by atoms with E-state index in [1.54, 1.807) is 18.2 Å². The first-order chi connectivity index (χ1) is 16.2. The molecule has 33 heavy (non-hydrogen) atoms. The van der Waals surface area contributed by atoms with E-state index in [9.17, 15) is 4.79 Å². The molecule has 162 valence electrons. The molecule has 0 fully saturated rings. The Hall–Kier alpha value is -4.31. The predicted molar refractivity (Wildman–Crippen MR) is 130 cm³/mol. The Bertz CT molecular complexity index is 1450. The molecule has 0 aliphatic heterocycles. The van der Waals surface area contributed by atoms with E-state index in [4.69, 9.17) is 13.9 Å². The van der Waals surface area contributed by atoms with Crippen molar-refractivity contribution >= 4 is 11.0 Å². The van der Waals surface area contributed by atoms with Crippen LogP contribution in [0.5, 0.6) is 17.2 Å². The summed E-state index contributed by atoms with van der Waals surface area (Å²) in [6, 6.07) is 31.0. The van der Waals surface area contributed by atoms with Gasteiger partial charge in [-0.15, -0.1) is 0 Å². The van der Waals surface area contributed by atoms with Gasteiger partial charge in [-0.2, -0.15) is 0 Å². The van der Waals surface area contributed by atoms with Crippen LogP contribution in [0.15, 0.2) is 113 Å². The lowest BCUT2D eigenvalue weighted by molar-refractivity contribution is 0.305. The topological polar surface area (TPSA) is 48.7 Å². The molecule has 0 saturated carbocycles. The Kier molecular flexibility index (Phi) is 5.64.